The minimum Gasteiger partial charge on any atom is -0.391 e. The van der Waals surface area contributed by atoms with Crippen LogP contribution < -0.4 is 26.6 Å². The fourth-order valence-corrected chi connectivity index (χ4v) is 10.8. The molecule has 25 nitrogen and oxygen atoms in total. The van der Waals surface area contributed by atoms with Crippen molar-refractivity contribution in [2.45, 2.75) is 235 Å². The van der Waals surface area contributed by atoms with Gasteiger partial charge < -0.3 is 70.9 Å². The number of nitrogens with one attached hydrogen (secondary N) is 5. The molecular formula is C62H111N11O14. The molecule has 1 unspecified atom stereocenters. The highest BCUT2D eigenvalue weighted by Crippen LogP contribution is 2.24. The van der Waals surface area contributed by atoms with E-state index in [1.807, 2.05) is 55.4 Å². The van der Waals surface area contributed by atoms with Gasteiger partial charge in [0.15, 0.2) is 0 Å². The third kappa shape index (κ3) is 22.1. The number of carbonyl (C=O) groups is 11. The predicted molar refractivity (Wildman–Crippen MR) is 331 cm³/mol. The van der Waals surface area contributed by atoms with Crippen molar-refractivity contribution in [3.05, 3.63) is 12.2 Å². The van der Waals surface area contributed by atoms with Gasteiger partial charge in [-0.2, -0.15) is 0 Å². The van der Waals surface area contributed by atoms with Gasteiger partial charge >= 0.3 is 0 Å². The van der Waals surface area contributed by atoms with Crippen LogP contribution in [0.1, 0.15) is 150 Å². The number of amides is 11. The fraction of sp³-hybridized carbons (Fsp3) is 0.790. The zero-order valence-electron chi connectivity index (χ0n) is 56.7. The summed E-state index contributed by atoms with van der Waals surface area (Å²) in [4.78, 5) is 167. The first-order chi connectivity index (χ1) is 40.1. The number of rotatable bonds is 16. The number of ether oxygens (including phenoxy) is 1. The first-order valence-corrected chi connectivity index (χ1v) is 30.7. The number of hydrogen-bond acceptors (Lipinski definition) is 14. The maximum Gasteiger partial charge on any atom is 0.248 e. The molecule has 0 radical (unpaired) electrons. The second-order valence-corrected chi connectivity index (χ2v) is 26.0. The second kappa shape index (κ2) is 35.7. The zero-order chi connectivity index (χ0) is 67.6. The summed E-state index contributed by atoms with van der Waals surface area (Å²) in [6.07, 6.45) is -0.0907. The maximum atomic E-state index is 15.1. The molecule has 1 fully saturated rings. The largest absolute Gasteiger partial charge is 0.391 e. The highest BCUT2D eigenvalue weighted by atomic mass is 16.5. The van der Waals surface area contributed by atoms with Crippen molar-refractivity contribution < 1.29 is 67.7 Å². The molecule has 0 aromatic rings. The van der Waals surface area contributed by atoms with Gasteiger partial charge in [-0.05, 0) is 109 Å². The Hall–Kier alpha value is -6.21. The molecular weight excluding hydrogens is 1120 g/mol. The quantitative estimate of drug-likeness (QED) is 0.108. The van der Waals surface area contributed by atoms with Gasteiger partial charge in [0.05, 0.1) is 18.3 Å². The number of likely N-dealkylation sites (N-methyl/N-ethyl adjacent to an activating group) is 6. The van der Waals surface area contributed by atoms with Crippen molar-refractivity contribution in [2.24, 2.45) is 35.5 Å². The van der Waals surface area contributed by atoms with Crippen LogP contribution in [-0.4, -0.2) is 239 Å². The van der Waals surface area contributed by atoms with E-state index >= 15 is 4.79 Å². The van der Waals surface area contributed by atoms with Gasteiger partial charge in [0.2, 0.25) is 65.0 Å². The van der Waals surface area contributed by atoms with Crippen molar-refractivity contribution in [1.29, 1.82) is 0 Å². The Labute approximate surface area is 518 Å². The molecule has 87 heavy (non-hydrogen) atoms. The summed E-state index contributed by atoms with van der Waals surface area (Å²) in [7, 11) is 9.35. The maximum absolute atomic E-state index is 15.1. The molecule has 498 valence electrons. The van der Waals surface area contributed by atoms with E-state index in [4.69, 9.17) is 4.74 Å². The lowest BCUT2D eigenvalue weighted by atomic mass is 9.91. The first-order valence-electron chi connectivity index (χ1n) is 30.7. The topological polar surface area (TPSA) is 317 Å². The van der Waals surface area contributed by atoms with Crippen LogP contribution in [0.4, 0.5) is 0 Å². The van der Waals surface area contributed by atoms with E-state index < -0.39 is 162 Å². The first kappa shape index (κ1) is 78.8. The summed E-state index contributed by atoms with van der Waals surface area (Å²) in [6, 6.07) is -15.1. The third-order valence-electron chi connectivity index (χ3n) is 16.3. The van der Waals surface area contributed by atoms with Crippen molar-refractivity contribution in [3.8, 4) is 0 Å². The average Bonchev–Trinajstić information content (AvgIpc) is 2.42. The molecule has 7 N–H and O–H groups in total. The molecule has 0 bridgehead atoms. The van der Waals surface area contributed by atoms with Crippen LogP contribution in [0.25, 0.3) is 0 Å². The van der Waals surface area contributed by atoms with E-state index in [-0.39, 0.29) is 55.8 Å². The summed E-state index contributed by atoms with van der Waals surface area (Å²) < 4.78 is 5.61. The highest BCUT2D eigenvalue weighted by Gasteiger charge is 2.46. The van der Waals surface area contributed by atoms with E-state index in [1.54, 1.807) is 39.8 Å². The van der Waals surface area contributed by atoms with Crippen molar-refractivity contribution in [1.82, 2.24) is 56.0 Å². The molecule has 25 heteroatoms. The molecule has 0 aromatic heterocycles. The van der Waals surface area contributed by atoms with Gasteiger partial charge in [0, 0.05) is 49.4 Å². The number of carbonyl (C=O) groups excluding carboxylic acids is 11. The molecule has 1 rings (SSSR count). The number of allylic oxidation sites excluding steroid dienone is 2. The van der Waals surface area contributed by atoms with Gasteiger partial charge in [-0.1, -0.05) is 88.3 Å². The number of methoxy groups -OCH3 is 1. The molecule has 1 saturated heterocycles. The Morgan fingerprint density at radius 1 is 0.448 bits per heavy atom. The van der Waals surface area contributed by atoms with Crippen LogP contribution in [0.5, 0.6) is 0 Å². The van der Waals surface area contributed by atoms with Gasteiger partial charge in [0.1, 0.15) is 66.5 Å². The lowest BCUT2D eigenvalue weighted by Crippen LogP contribution is -2.65. The summed E-state index contributed by atoms with van der Waals surface area (Å²) in [5, 5.41) is 36.9. The summed E-state index contributed by atoms with van der Waals surface area (Å²) >= 11 is 0. The van der Waals surface area contributed by atoms with E-state index in [1.165, 1.54) is 98.7 Å². The number of nitrogens with zero attached hydrogens (tertiary/aromatic N) is 6. The number of aliphatic hydroxyl groups excluding tert-OH is 2. The number of hydrogen-bond donors (Lipinski definition) is 7. The monoisotopic (exact) mass is 1230 g/mol. The van der Waals surface area contributed by atoms with Crippen LogP contribution in [0.3, 0.4) is 0 Å². The van der Waals surface area contributed by atoms with Gasteiger partial charge in [-0.3, -0.25) is 52.7 Å². The molecule has 0 aromatic carbocycles. The van der Waals surface area contributed by atoms with Crippen molar-refractivity contribution >= 4 is 65.0 Å². The smallest absolute Gasteiger partial charge is 0.248 e. The van der Waals surface area contributed by atoms with Crippen LogP contribution in [0.15, 0.2) is 12.2 Å². The van der Waals surface area contributed by atoms with E-state index in [2.05, 4.69) is 26.6 Å². The predicted octanol–water partition coefficient (Wildman–Crippen LogP) is 1.66. The highest BCUT2D eigenvalue weighted by molar-refractivity contribution is 6.00. The summed E-state index contributed by atoms with van der Waals surface area (Å²) in [5.41, 5.74) is 0. The van der Waals surface area contributed by atoms with Gasteiger partial charge in [-0.15, -0.1) is 0 Å². The SMILES string of the molecule is CC=CC[C@@H](C)[C@@H](O)[C@H]1C(=O)N[C@@H]([C@@H](C)O)C(=O)N(C)[C@H](C)C(=O)N(C)[C@@H](C(C)OC)C(=O)N[C@@H](CC(C)C)C(=O)N(C)[C@@H](CC(C)C)C(=O)N[C@@H](C)C(=O)N[C@H](C)C(=O)N(C)[C@@H](CC(C)C)C(=O)N[C@@H](CC(C)C)C(=O)N(C)[C@@H](C(C)C)C(=O)N1C. The Bertz CT molecular complexity index is 2380. The van der Waals surface area contributed by atoms with Crippen molar-refractivity contribution in [3.63, 3.8) is 0 Å². The summed E-state index contributed by atoms with van der Waals surface area (Å²) in [6.45, 7) is 28.4. The van der Waals surface area contributed by atoms with Crippen LogP contribution >= 0.6 is 0 Å². The molecule has 0 spiro atoms. The standard InChI is InChI=1S/C62H111N11O14/c1-25-26-27-37(12)51(75)50-56(80)67-47(41(16)74)61(85)68(18)40(15)58(82)72(22)49(42(17)87-24)55(79)66-43(28-32(2)3)59(83)70(20)45(30-34(6)7)53(77)63-38(13)52(76)64-39(14)57(81)69(19)46(31-35(8)9)54(78)65-44(29-33(4)5)60(84)71(21)48(36(10)11)62(86)73(50)23/h25-26,32-51,74-75H,27-31H2,1-24H3,(H,63,77)(H,64,76)(H,65,78)(H,66,79)(H,67,80)/t37-,38+,39-,40-,41-,42?,43+,44+,45+,46+,47+,48+,49+,50+,51-/m1/s1. The zero-order valence-corrected chi connectivity index (χ0v) is 56.7. The van der Waals surface area contributed by atoms with Crippen LogP contribution in [-0.2, 0) is 57.5 Å². The lowest BCUT2D eigenvalue weighted by Gasteiger charge is -2.40. The normalized spacial score (nSPS) is 28.0. The van der Waals surface area contributed by atoms with Crippen molar-refractivity contribution in [2.75, 3.05) is 49.4 Å². The van der Waals surface area contributed by atoms with Gasteiger partial charge in [0.25, 0.3) is 0 Å². The summed E-state index contributed by atoms with van der Waals surface area (Å²) in [5.74, 6) is -10.7. The number of aliphatic hydroxyl groups is 2. The Morgan fingerprint density at radius 3 is 1.29 bits per heavy atom. The molecule has 0 aliphatic carbocycles. The Morgan fingerprint density at radius 2 is 0.851 bits per heavy atom. The van der Waals surface area contributed by atoms with Crippen LogP contribution in [0.2, 0.25) is 0 Å². The molecule has 1 heterocycles. The molecule has 1 aliphatic heterocycles. The molecule has 15 atom stereocenters. The molecule has 11 amide bonds. The Kier molecular flexibility index (Phi) is 32.3. The van der Waals surface area contributed by atoms with Crippen LogP contribution in [0, 0.1) is 35.5 Å². The second-order valence-electron chi connectivity index (χ2n) is 26.0. The fourth-order valence-electron chi connectivity index (χ4n) is 10.8. The molecule has 0 saturated carbocycles. The minimum absolute atomic E-state index is 0.0815. The average molecular weight is 1230 g/mol. The molecule has 1 aliphatic rings. The minimum atomic E-state index is -1.79. The third-order valence-corrected chi connectivity index (χ3v) is 16.3. The van der Waals surface area contributed by atoms with E-state index in [0.29, 0.717) is 0 Å². The van der Waals surface area contributed by atoms with E-state index in [0.717, 1.165) is 14.7 Å². The van der Waals surface area contributed by atoms with Gasteiger partial charge in [-0.25, -0.2) is 0 Å². The Balaban J connectivity index is 4.39. The lowest BCUT2D eigenvalue weighted by molar-refractivity contribution is -0.155. The van der Waals surface area contributed by atoms with E-state index in [9.17, 15) is 58.2 Å².